The number of nitrogen functional groups attached to an aromatic ring is 1. The summed E-state index contributed by atoms with van der Waals surface area (Å²) in [6, 6.07) is 1.61. The first kappa shape index (κ1) is 12.8. The zero-order valence-electron chi connectivity index (χ0n) is 9.67. The molecule has 1 aliphatic carbocycles. The van der Waals surface area contributed by atoms with E-state index in [1.54, 1.807) is 0 Å². The fraction of sp³-hybridized carbons (Fsp3) is 0.417. The molecule has 0 heterocycles. The molecule has 1 saturated carbocycles. The van der Waals surface area contributed by atoms with Gasteiger partial charge in [0.05, 0.1) is 23.4 Å². The molecule has 1 amide bonds. The van der Waals surface area contributed by atoms with Crippen molar-refractivity contribution in [2.45, 2.75) is 24.8 Å². The van der Waals surface area contributed by atoms with Gasteiger partial charge in [-0.15, -0.1) is 0 Å². The third-order valence-corrected chi connectivity index (χ3v) is 3.30. The molecule has 0 aliphatic heterocycles. The number of carbonyl (C=O) groups is 1. The molecule has 0 radical (unpaired) electrons. The zero-order chi connectivity index (χ0) is 13.3. The minimum atomic E-state index is -0.943. The van der Waals surface area contributed by atoms with Crippen LogP contribution in [-0.2, 0) is 0 Å². The number of hydrogen-bond acceptors (Lipinski definition) is 3. The van der Waals surface area contributed by atoms with Crippen LogP contribution in [0.3, 0.4) is 0 Å². The molecule has 4 N–H and O–H groups in total. The lowest BCUT2D eigenvalue weighted by atomic mass is 9.77. The van der Waals surface area contributed by atoms with Crippen molar-refractivity contribution >= 4 is 11.6 Å². The highest BCUT2D eigenvalue weighted by atomic mass is 19.1. The average molecular weight is 256 g/mol. The SMILES string of the molecule is Nc1cc(F)cc(C(=O)NC2(CO)CCC2)c1F. The molecule has 0 bridgehead atoms. The predicted molar refractivity (Wildman–Crippen MR) is 61.9 cm³/mol. The molecule has 6 heteroatoms. The predicted octanol–water partition coefficient (Wildman–Crippen LogP) is 1.19. The van der Waals surface area contributed by atoms with Gasteiger partial charge in [0.2, 0.25) is 0 Å². The van der Waals surface area contributed by atoms with Crippen LogP contribution in [0.4, 0.5) is 14.5 Å². The van der Waals surface area contributed by atoms with E-state index in [1.807, 2.05) is 0 Å². The Hall–Kier alpha value is -1.69. The Morgan fingerprint density at radius 3 is 2.61 bits per heavy atom. The number of carbonyl (C=O) groups excluding carboxylic acids is 1. The van der Waals surface area contributed by atoms with Gasteiger partial charge in [0.15, 0.2) is 5.82 Å². The Bertz CT molecular complexity index is 482. The molecule has 0 saturated heterocycles. The van der Waals surface area contributed by atoms with Gasteiger partial charge in [-0.25, -0.2) is 8.78 Å². The van der Waals surface area contributed by atoms with E-state index in [2.05, 4.69) is 5.32 Å². The number of rotatable bonds is 3. The molecule has 1 fully saturated rings. The summed E-state index contributed by atoms with van der Waals surface area (Å²) in [6.07, 6.45) is 2.14. The summed E-state index contributed by atoms with van der Waals surface area (Å²) in [5.41, 5.74) is 3.71. The Morgan fingerprint density at radius 1 is 1.44 bits per heavy atom. The fourth-order valence-corrected chi connectivity index (χ4v) is 2.01. The van der Waals surface area contributed by atoms with Crippen molar-refractivity contribution < 1.29 is 18.7 Å². The van der Waals surface area contributed by atoms with Gasteiger partial charge in [-0.3, -0.25) is 4.79 Å². The monoisotopic (exact) mass is 256 g/mol. The molecule has 1 aromatic rings. The van der Waals surface area contributed by atoms with E-state index in [9.17, 15) is 18.7 Å². The molecular formula is C12H14F2N2O2. The molecule has 1 aliphatic rings. The topological polar surface area (TPSA) is 75.4 Å². The van der Waals surface area contributed by atoms with E-state index in [-0.39, 0.29) is 6.61 Å². The standard InChI is InChI=1S/C12H14F2N2O2/c13-7-4-8(10(14)9(15)5-7)11(18)16-12(6-17)2-1-3-12/h4-5,17H,1-3,6,15H2,(H,16,18). The highest BCUT2D eigenvalue weighted by molar-refractivity contribution is 5.96. The molecule has 4 nitrogen and oxygen atoms in total. The number of halogens is 2. The van der Waals surface area contributed by atoms with Crippen molar-refractivity contribution in [1.29, 1.82) is 0 Å². The van der Waals surface area contributed by atoms with Crippen LogP contribution in [0.5, 0.6) is 0 Å². The van der Waals surface area contributed by atoms with Crippen LogP contribution in [0.1, 0.15) is 29.6 Å². The largest absolute Gasteiger partial charge is 0.396 e. The second-order valence-electron chi connectivity index (χ2n) is 4.60. The molecule has 98 valence electrons. The molecule has 1 aromatic carbocycles. The van der Waals surface area contributed by atoms with Gasteiger partial charge in [0.25, 0.3) is 5.91 Å². The van der Waals surface area contributed by atoms with Gasteiger partial charge in [-0.1, -0.05) is 0 Å². The van der Waals surface area contributed by atoms with Crippen LogP contribution < -0.4 is 11.1 Å². The van der Waals surface area contributed by atoms with Crippen LogP contribution in [0.2, 0.25) is 0 Å². The van der Waals surface area contributed by atoms with Gasteiger partial charge < -0.3 is 16.2 Å². The summed E-state index contributed by atoms with van der Waals surface area (Å²) in [5.74, 6) is -2.47. The number of nitrogens with one attached hydrogen (secondary N) is 1. The molecule has 0 unspecified atom stereocenters. The van der Waals surface area contributed by atoms with Crippen molar-refractivity contribution in [3.8, 4) is 0 Å². The van der Waals surface area contributed by atoms with Gasteiger partial charge in [-0.05, 0) is 31.4 Å². The maximum Gasteiger partial charge on any atom is 0.254 e. The Labute approximate surface area is 103 Å². The fourth-order valence-electron chi connectivity index (χ4n) is 2.01. The number of amides is 1. The van der Waals surface area contributed by atoms with E-state index < -0.39 is 34.3 Å². The number of benzene rings is 1. The summed E-state index contributed by atoms with van der Waals surface area (Å²) in [6.45, 7) is -0.217. The lowest BCUT2D eigenvalue weighted by Crippen LogP contribution is -2.56. The van der Waals surface area contributed by atoms with Gasteiger partial charge in [0, 0.05) is 0 Å². The maximum absolute atomic E-state index is 13.6. The van der Waals surface area contributed by atoms with Crippen LogP contribution in [0.15, 0.2) is 12.1 Å². The highest BCUT2D eigenvalue weighted by Gasteiger charge is 2.38. The summed E-state index contributed by atoms with van der Waals surface area (Å²) in [4.78, 5) is 11.9. The first-order valence-corrected chi connectivity index (χ1v) is 5.65. The van der Waals surface area contributed by atoms with E-state index in [0.717, 1.165) is 18.6 Å². The van der Waals surface area contributed by atoms with Gasteiger partial charge >= 0.3 is 0 Å². The van der Waals surface area contributed by atoms with Crippen molar-refractivity contribution in [2.24, 2.45) is 0 Å². The number of aliphatic hydroxyl groups is 1. The minimum Gasteiger partial charge on any atom is -0.396 e. The van der Waals surface area contributed by atoms with Crippen molar-refractivity contribution in [3.05, 3.63) is 29.3 Å². The van der Waals surface area contributed by atoms with E-state index in [4.69, 9.17) is 5.73 Å². The minimum absolute atomic E-state index is 0.217. The molecule has 2 rings (SSSR count). The Balaban J connectivity index is 2.24. The smallest absolute Gasteiger partial charge is 0.254 e. The second-order valence-corrected chi connectivity index (χ2v) is 4.60. The van der Waals surface area contributed by atoms with Crippen molar-refractivity contribution in [1.82, 2.24) is 5.32 Å². The Morgan fingerprint density at radius 2 is 2.11 bits per heavy atom. The number of hydrogen-bond donors (Lipinski definition) is 3. The van der Waals surface area contributed by atoms with E-state index in [0.29, 0.717) is 12.8 Å². The van der Waals surface area contributed by atoms with Crippen LogP contribution in [-0.4, -0.2) is 23.2 Å². The number of nitrogens with two attached hydrogens (primary N) is 1. The quantitative estimate of drug-likeness (QED) is 0.711. The van der Waals surface area contributed by atoms with Crippen LogP contribution in [0, 0.1) is 11.6 Å². The van der Waals surface area contributed by atoms with Crippen molar-refractivity contribution in [3.63, 3.8) is 0 Å². The Kier molecular flexibility index (Phi) is 3.21. The van der Waals surface area contributed by atoms with E-state index >= 15 is 0 Å². The highest BCUT2D eigenvalue weighted by Crippen LogP contribution is 2.31. The average Bonchev–Trinajstić information content (AvgIpc) is 2.28. The molecule has 18 heavy (non-hydrogen) atoms. The summed E-state index contributed by atoms with van der Waals surface area (Å²) in [7, 11) is 0. The normalized spacial score (nSPS) is 17.1. The summed E-state index contributed by atoms with van der Waals surface area (Å²) >= 11 is 0. The lowest BCUT2D eigenvalue weighted by Gasteiger charge is -2.40. The third-order valence-electron chi connectivity index (χ3n) is 3.30. The van der Waals surface area contributed by atoms with Crippen LogP contribution >= 0.6 is 0 Å². The third kappa shape index (κ3) is 2.15. The van der Waals surface area contributed by atoms with Gasteiger partial charge in [-0.2, -0.15) is 0 Å². The molecule has 0 aromatic heterocycles. The summed E-state index contributed by atoms with van der Waals surface area (Å²) < 4.78 is 26.7. The van der Waals surface area contributed by atoms with E-state index in [1.165, 1.54) is 0 Å². The van der Waals surface area contributed by atoms with Crippen molar-refractivity contribution in [2.75, 3.05) is 12.3 Å². The summed E-state index contributed by atoms with van der Waals surface area (Å²) in [5, 5.41) is 11.7. The van der Waals surface area contributed by atoms with Gasteiger partial charge in [0.1, 0.15) is 5.82 Å². The zero-order valence-corrected chi connectivity index (χ0v) is 9.67. The first-order valence-electron chi connectivity index (χ1n) is 5.65. The first-order chi connectivity index (χ1) is 8.47. The molecular weight excluding hydrogens is 242 g/mol. The number of anilines is 1. The molecule has 0 spiro atoms. The second kappa shape index (κ2) is 4.53. The molecule has 0 atom stereocenters. The van der Waals surface area contributed by atoms with Crippen LogP contribution in [0.25, 0.3) is 0 Å². The lowest BCUT2D eigenvalue weighted by molar-refractivity contribution is 0.0638. The number of aliphatic hydroxyl groups excluding tert-OH is 1. The maximum atomic E-state index is 13.6.